The van der Waals surface area contributed by atoms with Crippen LogP contribution >= 0.6 is 22.6 Å². The quantitative estimate of drug-likeness (QED) is 0.822. The molecule has 19 heavy (non-hydrogen) atoms. The molecule has 2 aromatic rings. The first kappa shape index (κ1) is 14.5. The number of hydrogen-bond donors (Lipinski definition) is 1. The Kier molecular flexibility index (Phi) is 4.99. The predicted octanol–water partition coefficient (Wildman–Crippen LogP) is 2.91. The second kappa shape index (κ2) is 6.52. The Morgan fingerprint density at radius 3 is 2.53 bits per heavy atom. The fourth-order valence-corrected chi connectivity index (χ4v) is 2.62. The van der Waals surface area contributed by atoms with Crippen LogP contribution in [0.2, 0.25) is 0 Å². The second-order valence-electron chi connectivity index (χ2n) is 4.79. The molecule has 0 fully saturated rings. The van der Waals surface area contributed by atoms with Gasteiger partial charge < -0.3 is 5.32 Å². The Morgan fingerprint density at radius 2 is 1.89 bits per heavy atom. The van der Waals surface area contributed by atoms with E-state index in [4.69, 9.17) is 0 Å². The zero-order valence-corrected chi connectivity index (χ0v) is 13.9. The summed E-state index contributed by atoms with van der Waals surface area (Å²) in [4.78, 5) is 0. The Hall–Kier alpha value is -0.880. The highest BCUT2D eigenvalue weighted by molar-refractivity contribution is 14.1. The number of halogens is 1. The molecule has 102 valence electrons. The van der Waals surface area contributed by atoms with Crippen molar-refractivity contribution in [1.29, 1.82) is 0 Å². The summed E-state index contributed by atoms with van der Waals surface area (Å²) in [5.41, 5.74) is 5.11. The predicted molar refractivity (Wildman–Crippen MR) is 87.6 cm³/mol. The Morgan fingerprint density at radius 1 is 1.21 bits per heavy atom. The van der Waals surface area contributed by atoms with Gasteiger partial charge in [-0.3, -0.25) is 4.68 Å². The van der Waals surface area contributed by atoms with Gasteiger partial charge in [-0.2, -0.15) is 5.10 Å². The molecule has 4 heteroatoms. The van der Waals surface area contributed by atoms with Crippen molar-refractivity contribution in [3.05, 3.63) is 50.4 Å². The van der Waals surface area contributed by atoms with Crippen molar-refractivity contribution in [2.45, 2.75) is 26.8 Å². The lowest BCUT2D eigenvalue weighted by molar-refractivity contribution is 0.657. The van der Waals surface area contributed by atoms with Gasteiger partial charge in [-0.05, 0) is 79.7 Å². The van der Waals surface area contributed by atoms with Crippen molar-refractivity contribution >= 4 is 22.6 Å². The summed E-state index contributed by atoms with van der Waals surface area (Å²) >= 11 is 2.33. The van der Waals surface area contributed by atoms with E-state index in [2.05, 4.69) is 75.8 Å². The second-order valence-corrected chi connectivity index (χ2v) is 6.03. The molecule has 1 N–H and O–H groups in total. The van der Waals surface area contributed by atoms with E-state index < -0.39 is 0 Å². The molecule has 0 bridgehead atoms. The van der Waals surface area contributed by atoms with E-state index in [1.807, 2.05) is 7.05 Å². The van der Waals surface area contributed by atoms with Gasteiger partial charge in [0.2, 0.25) is 0 Å². The lowest BCUT2D eigenvalue weighted by atomic mass is 10.1. The third-order valence-corrected chi connectivity index (χ3v) is 4.12. The Balaban J connectivity index is 2.19. The van der Waals surface area contributed by atoms with Gasteiger partial charge in [-0.15, -0.1) is 0 Å². The van der Waals surface area contributed by atoms with E-state index in [0.717, 1.165) is 25.2 Å². The first-order valence-electron chi connectivity index (χ1n) is 6.53. The van der Waals surface area contributed by atoms with Gasteiger partial charge in [0.25, 0.3) is 0 Å². The average Bonchev–Trinajstić information content (AvgIpc) is 2.65. The van der Waals surface area contributed by atoms with E-state index in [0.29, 0.717) is 0 Å². The first-order valence-corrected chi connectivity index (χ1v) is 7.61. The van der Waals surface area contributed by atoms with E-state index in [1.165, 1.54) is 20.4 Å². The van der Waals surface area contributed by atoms with E-state index >= 15 is 0 Å². The molecule has 0 aliphatic carbocycles. The van der Waals surface area contributed by atoms with Gasteiger partial charge in [0, 0.05) is 9.26 Å². The fourth-order valence-electron chi connectivity index (χ4n) is 2.26. The van der Waals surface area contributed by atoms with Crippen molar-refractivity contribution in [3.63, 3.8) is 0 Å². The van der Waals surface area contributed by atoms with Crippen LogP contribution in [0.4, 0.5) is 0 Å². The molecule has 0 radical (unpaired) electrons. The van der Waals surface area contributed by atoms with Crippen molar-refractivity contribution in [3.8, 4) is 0 Å². The monoisotopic (exact) mass is 369 g/mol. The number of nitrogens with zero attached hydrogens (tertiary/aromatic N) is 2. The number of aromatic nitrogens is 2. The van der Waals surface area contributed by atoms with Gasteiger partial charge >= 0.3 is 0 Å². The molecule has 0 spiro atoms. The standard InChI is InChI=1S/C15H20IN3/c1-11-15(8-9-17-3)12(2)19(18-11)10-13-4-6-14(16)7-5-13/h4-7,17H,8-10H2,1-3H3. The van der Waals surface area contributed by atoms with Crippen LogP contribution in [-0.2, 0) is 13.0 Å². The van der Waals surface area contributed by atoms with Gasteiger partial charge in [0.1, 0.15) is 0 Å². The van der Waals surface area contributed by atoms with Crippen LogP contribution in [0, 0.1) is 17.4 Å². The molecule has 0 unspecified atom stereocenters. The molecule has 1 aromatic carbocycles. The van der Waals surface area contributed by atoms with Crippen LogP contribution in [0.3, 0.4) is 0 Å². The summed E-state index contributed by atoms with van der Waals surface area (Å²) in [6, 6.07) is 8.63. The number of rotatable bonds is 5. The average molecular weight is 369 g/mol. The minimum Gasteiger partial charge on any atom is -0.319 e. The molecule has 0 aliphatic rings. The van der Waals surface area contributed by atoms with Crippen molar-refractivity contribution in [2.75, 3.05) is 13.6 Å². The molecule has 0 saturated heterocycles. The van der Waals surface area contributed by atoms with Crippen LogP contribution in [0.5, 0.6) is 0 Å². The van der Waals surface area contributed by atoms with Crippen LogP contribution in [0.15, 0.2) is 24.3 Å². The van der Waals surface area contributed by atoms with E-state index in [1.54, 1.807) is 0 Å². The summed E-state index contributed by atoms with van der Waals surface area (Å²) in [5.74, 6) is 0. The van der Waals surface area contributed by atoms with Crippen LogP contribution in [-0.4, -0.2) is 23.4 Å². The molecule has 0 amide bonds. The van der Waals surface area contributed by atoms with E-state index in [9.17, 15) is 0 Å². The Labute approximate surface area is 128 Å². The molecule has 1 aromatic heterocycles. The lowest BCUT2D eigenvalue weighted by Crippen LogP contribution is -2.11. The lowest BCUT2D eigenvalue weighted by Gasteiger charge is -2.06. The first-order chi connectivity index (χ1) is 9.11. The minimum atomic E-state index is 0.850. The maximum Gasteiger partial charge on any atom is 0.0662 e. The molecule has 0 atom stereocenters. The zero-order chi connectivity index (χ0) is 13.8. The smallest absolute Gasteiger partial charge is 0.0662 e. The van der Waals surface area contributed by atoms with Crippen LogP contribution in [0.25, 0.3) is 0 Å². The number of aryl methyl sites for hydroxylation is 1. The molecule has 0 saturated carbocycles. The molecule has 3 nitrogen and oxygen atoms in total. The van der Waals surface area contributed by atoms with Crippen LogP contribution < -0.4 is 5.32 Å². The molecule has 1 heterocycles. The van der Waals surface area contributed by atoms with Crippen molar-refractivity contribution < 1.29 is 0 Å². The molecule has 0 aliphatic heterocycles. The maximum atomic E-state index is 4.67. The largest absolute Gasteiger partial charge is 0.319 e. The molecule has 2 rings (SSSR count). The molecular weight excluding hydrogens is 349 g/mol. The highest BCUT2D eigenvalue weighted by Crippen LogP contribution is 2.15. The summed E-state index contributed by atoms with van der Waals surface area (Å²) < 4.78 is 3.38. The van der Waals surface area contributed by atoms with Gasteiger partial charge in [0.05, 0.1) is 12.2 Å². The van der Waals surface area contributed by atoms with Crippen LogP contribution in [0.1, 0.15) is 22.5 Å². The van der Waals surface area contributed by atoms with Crippen molar-refractivity contribution in [2.24, 2.45) is 0 Å². The normalized spacial score (nSPS) is 10.9. The minimum absolute atomic E-state index is 0.850. The zero-order valence-electron chi connectivity index (χ0n) is 11.7. The number of nitrogens with one attached hydrogen (secondary N) is 1. The number of likely N-dealkylation sites (N-methyl/N-ethyl adjacent to an activating group) is 1. The van der Waals surface area contributed by atoms with Gasteiger partial charge in [-0.1, -0.05) is 12.1 Å². The number of benzene rings is 1. The van der Waals surface area contributed by atoms with Gasteiger partial charge in [-0.25, -0.2) is 0 Å². The van der Waals surface area contributed by atoms with Gasteiger partial charge in [0.15, 0.2) is 0 Å². The topological polar surface area (TPSA) is 29.9 Å². The Bertz CT molecular complexity index is 543. The summed E-state index contributed by atoms with van der Waals surface area (Å²) in [7, 11) is 1.99. The SMILES string of the molecule is CNCCc1c(C)nn(Cc2ccc(I)cc2)c1C. The van der Waals surface area contributed by atoms with E-state index in [-0.39, 0.29) is 0 Å². The highest BCUT2D eigenvalue weighted by Gasteiger charge is 2.11. The highest BCUT2D eigenvalue weighted by atomic mass is 127. The maximum absolute atomic E-state index is 4.67. The third kappa shape index (κ3) is 3.57. The summed E-state index contributed by atoms with van der Waals surface area (Å²) in [6.07, 6.45) is 1.04. The fraction of sp³-hybridized carbons (Fsp3) is 0.400. The summed E-state index contributed by atoms with van der Waals surface area (Å²) in [5, 5.41) is 7.87. The number of hydrogen-bond acceptors (Lipinski definition) is 2. The van der Waals surface area contributed by atoms with Crippen molar-refractivity contribution in [1.82, 2.24) is 15.1 Å². The summed E-state index contributed by atoms with van der Waals surface area (Å²) in [6.45, 7) is 6.11. The molecular formula is C15H20IN3. The third-order valence-electron chi connectivity index (χ3n) is 3.40.